The highest BCUT2D eigenvalue weighted by molar-refractivity contribution is 5.85. The van der Waals surface area contributed by atoms with Gasteiger partial charge in [-0.05, 0) is 12.1 Å². The maximum atomic E-state index is 12.6. The SMILES string of the molecule is Cl.FC(F)(F)c1cccc(-c2noc(C3CNC3)n2)c1. The Morgan fingerprint density at radius 3 is 2.60 bits per heavy atom. The van der Waals surface area contributed by atoms with Gasteiger partial charge in [-0.15, -0.1) is 12.4 Å². The van der Waals surface area contributed by atoms with E-state index in [0.717, 1.165) is 25.2 Å². The van der Waals surface area contributed by atoms with E-state index in [1.165, 1.54) is 12.1 Å². The topological polar surface area (TPSA) is 51.0 Å². The predicted octanol–water partition coefficient (Wildman–Crippen LogP) is 2.86. The van der Waals surface area contributed by atoms with Crippen LogP contribution in [0.2, 0.25) is 0 Å². The van der Waals surface area contributed by atoms with E-state index in [1.54, 1.807) is 0 Å². The average Bonchev–Trinajstić information content (AvgIpc) is 2.75. The summed E-state index contributed by atoms with van der Waals surface area (Å²) in [7, 11) is 0. The van der Waals surface area contributed by atoms with Crippen LogP contribution in [0.1, 0.15) is 17.4 Å². The smallest absolute Gasteiger partial charge is 0.339 e. The van der Waals surface area contributed by atoms with E-state index in [2.05, 4.69) is 15.5 Å². The first-order valence-electron chi connectivity index (χ1n) is 5.76. The highest BCUT2D eigenvalue weighted by Gasteiger charge is 2.31. The highest BCUT2D eigenvalue weighted by atomic mass is 35.5. The van der Waals surface area contributed by atoms with E-state index < -0.39 is 11.7 Å². The molecule has 1 aromatic carbocycles. The summed E-state index contributed by atoms with van der Waals surface area (Å²) in [6.45, 7) is 1.51. The fraction of sp³-hybridized carbons (Fsp3) is 0.333. The third-order valence-corrected chi connectivity index (χ3v) is 3.02. The third-order valence-electron chi connectivity index (χ3n) is 3.02. The first kappa shape index (κ1) is 14.8. The molecule has 20 heavy (non-hydrogen) atoms. The van der Waals surface area contributed by atoms with Crippen molar-refractivity contribution in [3.8, 4) is 11.4 Å². The quantitative estimate of drug-likeness (QED) is 0.927. The van der Waals surface area contributed by atoms with Crippen LogP contribution in [0.3, 0.4) is 0 Å². The third kappa shape index (κ3) is 2.78. The Balaban J connectivity index is 0.00000147. The molecule has 2 aromatic rings. The number of nitrogens with zero attached hydrogens (tertiary/aromatic N) is 2. The van der Waals surface area contributed by atoms with E-state index >= 15 is 0 Å². The molecule has 1 fully saturated rings. The minimum absolute atomic E-state index is 0. The predicted molar refractivity (Wildman–Crippen MR) is 67.6 cm³/mol. The van der Waals surface area contributed by atoms with Crippen molar-refractivity contribution >= 4 is 12.4 Å². The minimum Gasteiger partial charge on any atom is -0.339 e. The van der Waals surface area contributed by atoms with Crippen molar-refractivity contribution in [2.45, 2.75) is 12.1 Å². The van der Waals surface area contributed by atoms with Crippen LogP contribution in [0.5, 0.6) is 0 Å². The molecule has 0 spiro atoms. The average molecular weight is 306 g/mol. The summed E-state index contributed by atoms with van der Waals surface area (Å²) in [6.07, 6.45) is -4.37. The van der Waals surface area contributed by atoms with Crippen LogP contribution in [0.25, 0.3) is 11.4 Å². The van der Waals surface area contributed by atoms with Gasteiger partial charge in [-0.3, -0.25) is 0 Å². The van der Waals surface area contributed by atoms with Crippen molar-refractivity contribution in [2.24, 2.45) is 0 Å². The van der Waals surface area contributed by atoms with Crippen LogP contribution in [0, 0.1) is 0 Å². The van der Waals surface area contributed by atoms with Crippen LogP contribution < -0.4 is 5.32 Å². The van der Waals surface area contributed by atoms with Gasteiger partial charge in [-0.1, -0.05) is 17.3 Å². The summed E-state index contributed by atoms with van der Waals surface area (Å²) in [5, 5.41) is 6.79. The molecule has 0 saturated carbocycles. The fourth-order valence-electron chi connectivity index (χ4n) is 1.82. The van der Waals surface area contributed by atoms with Gasteiger partial charge in [0.2, 0.25) is 11.7 Å². The Morgan fingerprint density at radius 1 is 1.25 bits per heavy atom. The monoisotopic (exact) mass is 305 g/mol. The van der Waals surface area contributed by atoms with E-state index in [-0.39, 0.29) is 24.1 Å². The normalized spacial score (nSPS) is 15.6. The number of halogens is 4. The largest absolute Gasteiger partial charge is 0.416 e. The molecule has 108 valence electrons. The standard InChI is InChI=1S/C12H10F3N3O.ClH/c13-12(14,15)9-3-1-2-7(4-9)10-17-11(19-18-10)8-5-16-6-8;/h1-4,8,16H,5-6H2;1H. The van der Waals surface area contributed by atoms with Gasteiger partial charge in [-0.2, -0.15) is 18.2 Å². The first-order valence-corrected chi connectivity index (χ1v) is 5.76. The zero-order chi connectivity index (χ0) is 13.5. The number of rotatable bonds is 2. The van der Waals surface area contributed by atoms with Gasteiger partial charge in [-0.25, -0.2) is 0 Å². The second-order valence-corrected chi connectivity index (χ2v) is 4.39. The zero-order valence-corrected chi connectivity index (χ0v) is 11.0. The van der Waals surface area contributed by atoms with Crippen molar-refractivity contribution in [3.63, 3.8) is 0 Å². The Morgan fingerprint density at radius 2 is 2.00 bits per heavy atom. The molecule has 1 N–H and O–H groups in total. The first-order chi connectivity index (χ1) is 9.04. The molecule has 0 atom stereocenters. The second kappa shape index (κ2) is 5.41. The van der Waals surface area contributed by atoms with Crippen molar-refractivity contribution in [1.82, 2.24) is 15.5 Å². The van der Waals surface area contributed by atoms with Crippen LogP contribution in [0.4, 0.5) is 13.2 Å². The second-order valence-electron chi connectivity index (χ2n) is 4.39. The maximum Gasteiger partial charge on any atom is 0.416 e. The van der Waals surface area contributed by atoms with Gasteiger partial charge in [0.05, 0.1) is 11.5 Å². The highest BCUT2D eigenvalue weighted by Crippen LogP contribution is 2.31. The van der Waals surface area contributed by atoms with Gasteiger partial charge in [0.1, 0.15) is 0 Å². The number of hydrogen-bond acceptors (Lipinski definition) is 4. The lowest BCUT2D eigenvalue weighted by Gasteiger charge is -2.22. The molecule has 3 rings (SSSR count). The van der Waals surface area contributed by atoms with Gasteiger partial charge in [0.15, 0.2) is 0 Å². The molecule has 1 aliphatic rings. The van der Waals surface area contributed by atoms with Crippen molar-refractivity contribution < 1.29 is 17.7 Å². The molecule has 1 saturated heterocycles. The van der Waals surface area contributed by atoms with Crippen molar-refractivity contribution in [2.75, 3.05) is 13.1 Å². The molecule has 0 radical (unpaired) electrons. The number of aromatic nitrogens is 2. The van der Waals surface area contributed by atoms with Crippen LogP contribution in [0.15, 0.2) is 28.8 Å². The molecule has 1 aliphatic heterocycles. The molecule has 0 bridgehead atoms. The van der Waals surface area contributed by atoms with Crippen LogP contribution in [-0.4, -0.2) is 23.2 Å². The molecule has 0 amide bonds. The Kier molecular flexibility index (Phi) is 4.01. The minimum atomic E-state index is -4.37. The molecular weight excluding hydrogens is 295 g/mol. The summed E-state index contributed by atoms with van der Waals surface area (Å²) in [4.78, 5) is 4.14. The molecule has 0 unspecified atom stereocenters. The Hall–Kier alpha value is -1.60. The molecule has 0 aliphatic carbocycles. The van der Waals surface area contributed by atoms with E-state index in [9.17, 15) is 13.2 Å². The Labute approximate surface area is 118 Å². The van der Waals surface area contributed by atoms with Crippen LogP contribution in [-0.2, 0) is 6.18 Å². The summed E-state index contributed by atoms with van der Waals surface area (Å²) >= 11 is 0. The summed E-state index contributed by atoms with van der Waals surface area (Å²) in [5.74, 6) is 0.811. The lowest BCUT2D eigenvalue weighted by atomic mass is 10.0. The molecular formula is C12H11ClF3N3O. The molecule has 8 heteroatoms. The lowest BCUT2D eigenvalue weighted by Crippen LogP contribution is -2.40. The van der Waals surface area contributed by atoms with Crippen molar-refractivity contribution in [1.29, 1.82) is 0 Å². The number of benzene rings is 1. The lowest BCUT2D eigenvalue weighted by molar-refractivity contribution is -0.137. The van der Waals surface area contributed by atoms with Crippen LogP contribution >= 0.6 is 12.4 Å². The van der Waals surface area contributed by atoms with Crippen molar-refractivity contribution in [3.05, 3.63) is 35.7 Å². The number of alkyl halides is 3. The Bertz CT molecular complexity index is 596. The van der Waals surface area contributed by atoms with E-state index in [1.807, 2.05) is 0 Å². The van der Waals surface area contributed by atoms with Gasteiger partial charge >= 0.3 is 6.18 Å². The number of nitrogens with one attached hydrogen (secondary N) is 1. The molecule has 4 nitrogen and oxygen atoms in total. The summed E-state index contributed by atoms with van der Waals surface area (Å²) in [5.41, 5.74) is -0.418. The molecule has 1 aromatic heterocycles. The number of hydrogen-bond donors (Lipinski definition) is 1. The summed E-state index contributed by atoms with van der Waals surface area (Å²) < 4.78 is 42.9. The zero-order valence-electron chi connectivity index (χ0n) is 10.1. The molecule has 2 heterocycles. The van der Waals surface area contributed by atoms with E-state index in [4.69, 9.17) is 4.52 Å². The summed E-state index contributed by atoms with van der Waals surface area (Å²) in [6, 6.07) is 4.90. The van der Waals surface area contributed by atoms with E-state index in [0.29, 0.717) is 11.5 Å². The fourth-order valence-corrected chi connectivity index (χ4v) is 1.82. The maximum absolute atomic E-state index is 12.6. The van der Waals surface area contributed by atoms with Gasteiger partial charge in [0.25, 0.3) is 0 Å². The van der Waals surface area contributed by atoms with Gasteiger partial charge in [0, 0.05) is 18.7 Å². The van der Waals surface area contributed by atoms with Gasteiger partial charge < -0.3 is 9.84 Å².